The smallest absolute Gasteiger partial charge is 0.223 e. The molecule has 0 aliphatic rings. The van der Waals surface area contributed by atoms with Crippen LogP contribution < -0.4 is 10.1 Å². The fourth-order valence-electron chi connectivity index (χ4n) is 3.16. The van der Waals surface area contributed by atoms with Gasteiger partial charge < -0.3 is 10.1 Å². The zero-order chi connectivity index (χ0) is 21.1. The van der Waals surface area contributed by atoms with Gasteiger partial charge >= 0.3 is 0 Å². The number of hydrogen-bond acceptors (Lipinski definition) is 6. The van der Waals surface area contributed by atoms with Crippen LogP contribution in [0.4, 0.5) is 0 Å². The molecule has 0 aliphatic heterocycles. The van der Waals surface area contributed by atoms with Gasteiger partial charge in [0, 0.05) is 22.4 Å². The van der Waals surface area contributed by atoms with Crippen LogP contribution in [-0.2, 0) is 11.2 Å². The van der Waals surface area contributed by atoms with E-state index in [2.05, 4.69) is 26.4 Å². The lowest BCUT2D eigenvalue weighted by molar-refractivity contribution is -0.125. The number of nitrogens with zero attached hydrogens (tertiary/aromatic N) is 4. The largest absolute Gasteiger partial charge is 0.497 e. The highest BCUT2D eigenvalue weighted by atomic mass is 32.1. The van der Waals surface area contributed by atoms with Crippen molar-refractivity contribution in [3.8, 4) is 17.0 Å². The fourth-order valence-corrected chi connectivity index (χ4v) is 3.99. The minimum atomic E-state index is -0.298. The first-order valence-electron chi connectivity index (χ1n) is 9.73. The first-order valence-corrected chi connectivity index (χ1v) is 10.6. The summed E-state index contributed by atoms with van der Waals surface area (Å²) in [6, 6.07) is 13.3. The topological polar surface area (TPSA) is 81.4 Å². The van der Waals surface area contributed by atoms with Crippen molar-refractivity contribution in [2.24, 2.45) is 5.92 Å². The first kappa shape index (κ1) is 20.0. The Kier molecular flexibility index (Phi) is 5.76. The number of fused-ring (bicyclic) bond motifs is 1. The number of carbonyl (C=O) groups excluding carboxylic acids is 1. The molecule has 3 heterocycles. The molecule has 1 aromatic carbocycles. The molecule has 3 aromatic heterocycles. The molecule has 0 fully saturated rings. The summed E-state index contributed by atoms with van der Waals surface area (Å²) in [6.45, 7) is 3.83. The average molecular weight is 422 g/mol. The molecule has 0 spiro atoms. The van der Waals surface area contributed by atoms with Crippen LogP contribution in [0, 0.1) is 5.92 Å². The molecule has 0 radical (unpaired) electrons. The van der Waals surface area contributed by atoms with E-state index in [1.54, 1.807) is 29.3 Å². The minimum Gasteiger partial charge on any atom is -0.497 e. The molecular weight excluding hydrogens is 398 g/mol. The van der Waals surface area contributed by atoms with Gasteiger partial charge in [0.05, 0.1) is 18.8 Å². The van der Waals surface area contributed by atoms with E-state index in [9.17, 15) is 4.79 Å². The Hall–Kier alpha value is -3.26. The zero-order valence-corrected chi connectivity index (χ0v) is 17.9. The second kappa shape index (κ2) is 8.62. The number of amides is 1. The van der Waals surface area contributed by atoms with Crippen molar-refractivity contribution >= 4 is 22.9 Å². The zero-order valence-electron chi connectivity index (χ0n) is 17.1. The van der Waals surface area contributed by atoms with Crippen LogP contribution >= 0.6 is 11.3 Å². The van der Waals surface area contributed by atoms with Gasteiger partial charge in [-0.15, -0.1) is 16.4 Å². The molecule has 0 aliphatic carbocycles. The monoisotopic (exact) mass is 421 g/mol. The van der Waals surface area contributed by atoms with Crippen molar-refractivity contribution in [2.45, 2.75) is 26.3 Å². The Labute approximate surface area is 178 Å². The van der Waals surface area contributed by atoms with Crippen LogP contribution in [0.5, 0.6) is 5.75 Å². The molecule has 7 nitrogen and oxygen atoms in total. The second-order valence-electron chi connectivity index (χ2n) is 7.19. The third-order valence-electron chi connectivity index (χ3n) is 4.91. The minimum absolute atomic E-state index is 0.00759. The van der Waals surface area contributed by atoms with E-state index < -0.39 is 0 Å². The van der Waals surface area contributed by atoms with Crippen LogP contribution in [0.3, 0.4) is 0 Å². The van der Waals surface area contributed by atoms with E-state index in [1.165, 1.54) is 4.88 Å². The van der Waals surface area contributed by atoms with Crippen LogP contribution in [-0.4, -0.2) is 32.6 Å². The van der Waals surface area contributed by atoms with Crippen LogP contribution in [0.1, 0.15) is 30.6 Å². The number of benzene rings is 1. The molecule has 1 N–H and O–H groups in total. The Bertz CT molecular complexity index is 1140. The van der Waals surface area contributed by atoms with Crippen molar-refractivity contribution in [1.29, 1.82) is 0 Å². The summed E-state index contributed by atoms with van der Waals surface area (Å²) in [4.78, 5) is 22.8. The van der Waals surface area contributed by atoms with Crippen molar-refractivity contribution in [1.82, 2.24) is 24.9 Å². The van der Waals surface area contributed by atoms with E-state index in [0.717, 1.165) is 23.4 Å². The van der Waals surface area contributed by atoms with Crippen LogP contribution in [0.15, 0.2) is 54.2 Å². The Morgan fingerprint density at radius 1 is 1.23 bits per heavy atom. The molecule has 30 heavy (non-hydrogen) atoms. The number of ether oxygens (including phenoxy) is 1. The summed E-state index contributed by atoms with van der Waals surface area (Å²) in [5.41, 5.74) is 2.44. The van der Waals surface area contributed by atoms with E-state index in [0.29, 0.717) is 11.5 Å². The Morgan fingerprint density at radius 2 is 2.03 bits per heavy atom. The van der Waals surface area contributed by atoms with E-state index >= 15 is 0 Å². The summed E-state index contributed by atoms with van der Waals surface area (Å²) in [5.74, 6) is 1.22. The maximum Gasteiger partial charge on any atom is 0.223 e. The molecule has 0 saturated carbocycles. The number of rotatable bonds is 7. The molecule has 8 heteroatoms. The lowest BCUT2D eigenvalue weighted by Crippen LogP contribution is -2.32. The predicted octanol–water partition coefficient (Wildman–Crippen LogP) is 3.92. The summed E-state index contributed by atoms with van der Waals surface area (Å²) in [6.07, 6.45) is 2.36. The highest BCUT2D eigenvalue weighted by Gasteiger charge is 2.20. The van der Waals surface area contributed by atoms with Gasteiger partial charge in [0.2, 0.25) is 5.91 Å². The predicted molar refractivity (Wildman–Crippen MR) is 117 cm³/mol. The van der Waals surface area contributed by atoms with Gasteiger partial charge in [0.25, 0.3) is 0 Å². The van der Waals surface area contributed by atoms with Gasteiger partial charge in [0.15, 0.2) is 11.5 Å². The third-order valence-corrected chi connectivity index (χ3v) is 5.81. The summed E-state index contributed by atoms with van der Waals surface area (Å²) in [7, 11) is 1.64. The normalized spacial score (nSPS) is 13.2. The standard InChI is InChI=1S/C22H23N5O2S/c1-14(11-18-5-4-10-30-18)22(28)24-15(2)21-25-20-12-19(23-13-27(20)26-21)16-6-8-17(29-3)9-7-16/h4-10,12-15H,11H2,1-3H3,(H,24,28)/t14-,15-/m0/s1. The third kappa shape index (κ3) is 4.33. The summed E-state index contributed by atoms with van der Waals surface area (Å²) >= 11 is 1.67. The second-order valence-corrected chi connectivity index (χ2v) is 8.22. The van der Waals surface area contributed by atoms with Crippen molar-refractivity contribution in [3.05, 3.63) is 64.9 Å². The van der Waals surface area contributed by atoms with Gasteiger partial charge in [-0.05, 0) is 49.1 Å². The highest BCUT2D eigenvalue weighted by molar-refractivity contribution is 7.09. The number of nitrogens with one attached hydrogen (secondary N) is 1. The lowest BCUT2D eigenvalue weighted by Gasteiger charge is -2.14. The maximum atomic E-state index is 12.6. The van der Waals surface area contributed by atoms with E-state index in [-0.39, 0.29) is 17.9 Å². The summed E-state index contributed by atoms with van der Waals surface area (Å²) in [5, 5.41) is 9.52. The van der Waals surface area contributed by atoms with E-state index in [1.807, 2.05) is 55.6 Å². The quantitative estimate of drug-likeness (QED) is 0.489. The highest BCUT2D eigenvalue weighted by Crippen LogP contribution is 2.22. The molecule has 2 atom stereocenters. The lowest BCUT2D eigenvalue weighted by atomic mass is 10.1. The van der Waals surface area contributed by atoms with Gasteiger partial charge in [-0.25, -0.2) is 14.5 Å². The Morgan fingerprint density at radius 3 is 2.73 bits per heavy atom. The number of methoxy groups -OCH3 is 1. The van der Waals surface area contributed by atoms with Gasteiger partial charge in [-0.2, -0.15) is 0 Å². The van der Waals surface area contributed by atoms with Crippen molar-refractivity contribution in [2.75, 3.05) is 7.11 Å². The van der Waals surface area contributed by atoms with Crippen LogP contribution in [0.2, 0.25) is 0 Å². The number of aromatic nitrogens is 4. The first-order chi connectivity index (χ1) is 14.5. The van der Waals surface area contributed by atoms with Crippen LogP contribution in [0.25, 0.3) is 16.9 Å². The fraction of sp³-hybridized carbons (Fsp3) is 0.273. The van der Waals surface area contributed by atoms with Crippen molar-refractivity contribution in [3.63, 3.8) is 0 Å². The van der Waals surface area contributed by atoms with Gasteiger partial charge in [-0.1, -0.05) is 13.0 Å². The average Bonchev–Trinajstić information content (AvgIpc) is 3.42. The SMILES string of the molecule is COc1ccc(-c2cc3nc([C@H](C)NC(=O)[C@@H](C)Cc4cccs4)nn3cn2)cc1. The molecule has 1 amide bonds. The van der Waals surface area contributed by atoms with Gasteiger partial charge in [0.1, 0.15) is 12.1 Å². The molecule has 154 valence electrons. The molecule has 4 aromatic rings. The van der Waals surface area contributed by atoms with Gasteiger partial charge in [-0.3, -0.25) is 4.79 Å². The Balaban J connectivity index is 1.47. The maximum absolute atomic E-state index is 12.6. The molecule has 4 rings (SSSR count). The molecular formula is C22H23N5O2S. The molecule has 0 bridgehead atoms. The van der Waals surface area contributed by atoms with Crippen molar-refractivity contribution < 1.29 is 9.53 Å². The number of thiophene rings is 1. The number of carbonyl (C=O) groups is 1. The number of hydrogen-bond donors (Lipinski definition) is 1. The van der Waals surface area contributed by atoms with E-state index in [4.69, 9.17) is 4.74 Å². The molecule has 0 unspecified atom stereocenters. The molecule has 0 saturated heterocycles. The summed E-state index contributed by atoms with van der Waals surface area (Å²) < 4.78 is 6.83.